The fourth-order valence-electron chi connectivity index (χ4n) is 1.87. The van der Waals surface area contributed by atoms with Crippen LogP contribution in [0.15, 0.2) is 29.4 Å². The number of primary amides is 1. The molecule has 0 spiro atoms. The molecule has 1 heterocycles. The van der Waals surface area contributed by atoms with Gasteiger partial charge in [-0.1, -0.05) is 0 Å². The molecule has 0 radical (unpaired) electrons. The molecule has 1 aromatic rings. The third-order valence-corrected chi connectivity index (χ3v) is 2.99. The largest absolute Gasteiger partial charge is 0.484 e. The van der Waals surface area contributed by atoms with Gasteiger partial charge in [-0.15, -0.1) is 0 Å². The summed E-state index contributed by atoms with van der Waals surface area (Å²) in [5, 5.41) is 3.64. The van der Waals surface area contributed by atoms with Gasteiger partial charge >= 0.3 is 6.03 Å². The molecule has 1 fully saturated rings. The van der Waals surface area contributed by atoms with Crippen molar-refractivity contribution in [1.29, 1.82) is 0 Å². The maximum Gasteiger partial charge on any atom is 0.332 e. The van der Waals surface area contributed by atoms with E-state index in [0.29, 0.717) is 32.1 Å². The van der Waals surface area contributed by atoms with Crippen LogP contribution in [0.1, 0.15) is 5.56 Å². The first-order valence-corrected chi connectivity index (χ1v) is 6.82. The van der Waals surface area contributed by atoms with Crippen molar-refractivity contribution in [2.45, 2.75) is 0 Å². The molecular weight excluding hydrogens is 288 g/mol. The molecule has 0 unspecified atom stereocenters. The van der Waals surface area contributed by atoms with Gasteiger partial charge in [-0.3, -0.25) is 4.79 Å². The number of carbonyl (C=O) groups excluding carboxylic acids is 2. The molecule has 3 amide bonds. The lowest BCUT2D eigenvalue weighted by Gasteiger charge is -2.26. The lowest BCUT2D eigenvalue weighted by Crippen LogP contribution is -2.42. The van der Waals surface area contributed by atoms with Crippen LogP contribution in [-0.2, 0) is 9.53 Å². The van der Waals surface area contributed by atoms with Crippen molar-refractivity contribution in [3.63, 3.8) is 0 Å². The van der Waals surface area contributed by atoms with E-state index >= 15 is 0 Å². The number of nitrogens with zero attached hydrogens (tertiary/aromatic N) is 2. The molecule has 0 aliphatic carbocycles. The van der Waals surface area contributed by atoms with Gasteiger partial charge in [0.15, 0.2) is 6.61 Å². The van der Waals surface area contributed by atoms with Crippen LogP contribution in [0.4, 0.5) is 4.79 Å². The summed E-state index contributed by atoms with van der Waals surface area (Å²) in [6.07, 6.45) is 1.45. The lowest BCUT2D eigenvalue weighted by molar-refractivity contribution is -0.137. The molecule has 1 saturated heterocycles. The van der Waals surface area contributed by atoms with Gasteiger partial charge in [0.2, 0.25) is 0 Å². The smallest absolute Gasteiger partial charge is 0.332 e. The Labute approximate surface area is 127 Å². The van der Waals surface area contributed by atoms with E-state index < -0.39 is 6.03 Å². The van der Waals surface area contributed by atoms with Gasteiger partial charge in [0, 0.05) is 13.1 Å². The van der Waals surface area contributed by atoms with Crippen molar-refractivity contribution in [3.8, 4) is 5.75 Å². The molecule has 1 aliphatic rings. The predicted octanol–water partition coefficient (Wildman–Crippen LogP) is -0.0736. The number of hydrogen-bond donors (Lipinski definition) is 2. The van der Waals surface area contributed by atoms with Crippen LogP contribution >= 0.6 is 0 Å². The van der Waals surface area contributed by atoms with Crippen LogP contribution in [0.2, 0.25) is 0 Å². The number of hydrogen-bond acceptors (Lipinski definition) is 5. The molecule has 22 heavy (non-hydrogen) atoms. The van der Waals surface area contributed by atoms with E-state index in [-0.39, 0.29) is 12.5 Å². The van der Waals surface area contributed by atoms with Gasteiger partial charge in [0.05, 0.1) is 19.4 Å². The van der Waals surface area contributed by atoms with Gasteiger partial charge < -0.3 is 20.1 Å². The summed E-state index contributed by atoms with van der Waals surface area (Å²) in [6.45, 7) is 2.34. The number of benzene rings is 1. The summed E-state index contributed by atoms with van der Waals surface area (Å²) in [6, 6.07) is 6.22. The van der Waals surface area contributed by atoms with Crippen molar-refractivity contribution < 1.29 is 19.1 Å². The minimum atomic E-state index is -0.724. The molecule has 118 valence electrons. The average Bonchev–Trinajstić information content (AvgIpc) is 2.54. The highest BCUT2D eigenvalue weighted by molar-refractivity contribution is 5.81. The SMILES string of the molecule is NC(=O)NN=Cc1ccc(OCC(=O)N2CCOCC2)cc1. The lowest BCUT2D eigenvalue weighted by atomic mass is 10.2. The monoisotopic (exact) mass is 306 g/mol. The molecule has 0 aromatic heterocycles. The highest BCUT2D eigenvalue weighted by atomic mass is 16.5. The third kappa shape index (κ3) is 5.06. The van der Waals surface area contributed by atoms with Gasteiger partial charge in [-0.05, 0) is 29.8 Å². The Morgan fingerprint density at radius 2 is 2.00 bits per heavy atom. The molecule has 1 aromatic carbocycles. The van der Waals surface area contributed by atoms with Crippen LogP contribution in [0.3, 0.4) is 0 Å². The highest BCUT2D eigenvalue weighted by Gasteiger charge is 2.16. The van der Waals surface area contributed by atoms with E-state index in [2.05, 4.69) is 10.5 Å². The molecule has 3 N–H and O–H groups in total. The summed E-state index contributed by atoms with van der Waals surface area (Å²) in [4.78, 5) is 24.1. The highest BCUT2D eigenvalue weighted by Crippen LogP contribution is 2.11. The first-order chi connectivity index (χ1) is 10.6. The van der Waals surface area contributed by atoms with Crippen molar-refractivity contribution >= 4 is 18.2 Å². The fourth-order valence-corrected chi connectivity index (χ4v) is 1.87. The Hall–Kier alpha value is -2.61. The topological polar surface area (TPSA) is 106 Å². The summed E-state index contributed by atoms with van der Waals surface area (Å²) in [7, 11) is 0. The van der Waals surface area contributed by atoms with Gasteiger partial charge in [0.1, 0.15) is 5.75 Å². The number of amides is 3. The summed E-state index contributed by atoms with van der Waals surface area (Å²) >= 11 is 0. The molecule has 1 aliphatic heterocycles. The first-order valence-electron chi connectivity index (χ1n) is 6.82. The molecule has 0 atom stereocenters. The van der Waals surface area contributed by atoms with E-state index in [1.807, 2.05) is 0 Å². The Bertz CT molecular complexity index is 538. The average molecular weight is 306 g/mol. The van der Waals surface area contributed by atoms with E-state index in [9.17, 15) is 9.59 Å². The van der Waals surface area contributed by atoms with Gasteiger partial charge in [-0.2, -0.15) is 5.10 Å². The van der Waals surface area contributed by atoms with Crippen LogP contribution in [0.25, 0.3) is 0 Å². The number of rotatable bonds is 5. The Morgan fingerprint density at radius 3 is 2.64 bits per heavy atom. The Balaban J connectivity index is 1.79. The molecular formula is C14H18N4O4. The molecule has 0 saturated carbocycles. The second kappa shape index (κ2) is 7.99. The van der Waals surface area contributed by atoms with E-state index in [4.69, 9.17) is 15.2 Å². The summed E-state index contributed by atoms with van der Waals surface area (Å²) < 4.78 is 10.6. The van der Waals surface area contributed by atoms with E-state index in [1.54, 1.807) is 29.2 Å². The number of ether oxygens (including phenoxy) is 2. The summed E-state index contributed by atoms with van der Waals surface area (Å²) in [5.41, 5.74) is 7.75. The minimum Gasteiger partial charge on any atom is -0.484 e. The third-order valence-electron chi connectivity index (χ3n) is 2.99. The van der Waals surface area contributed by atoms with Crippen LogP contribution in [0, 0.1) is 0 Å². The number of morpholine rings is 1. The number of nitrogens with one attached hydrogen (secondary N) is 1. The maximum absolute atomic E-state index is 11.9. The predicted molar refractivity (Wildman–Crippen MR) is 79.6 cm³/mol. The van der Waals surface area contributed by atoms with Crippen LogP contribution < -0.4 is 15.9 Å². The Morgan fingerprint density at radius 1 is 1.32 bits per heavy atom. The van der Waals surface area contributed by atoms with Gasteiger partial charge in [-0.25, -0.2) is 10.2 Å². The Kier molecular flexibility index (Phi) is 5.73. The van der Waals surface area contributed by atoms with Crippen LogP contribution in [-0.4, -0.2) is 56.0 Å². The zero-order valence-electron chi connectivity index (χ0n) is 12.0. The van der Waals surface area contributed by atoms with E-state index in [0.717, 1.165) is 5.56 Å². The number of hydrazone groups is 1. The van der Waals surface area contributed by atoms with E-state index in [1.165, 1.54) is 6.21 Å². The maximum atomic E-state index is 11.9. The van der Waals surface area contributed by atoms with Crippen molar-refractivity contribution in [1.82, 2.24) is 10.3 Å². The molecule has 0 bridgehead atoms. The van der Waals surface area contributed by atoms with Crippen LogP contribution in [0.5, 0.6) is 5.75 Å². The summed E-state index contributed by atoms with van der Waals surface area (Å²) in [5.74, 6) is 0.529. The second-order valence-corrected chi connectivity index (χ2v) is 4.59. The van der Waals surface area contributed by atoms with Crippen molar-refractivity contribution in [3.05, 3.63) is 29.8 Å². The zero-order chi connectivity index (χ0) is 15.8. The fraction of sp³-hybridized carbons (Fsp3) is 0.357. The quantitative estimate of drug-likeness (QED) is 0.586. The van der Waals surface area contributed by atoms with Gasteiger partial charge in [0.25, 0.3) is 5.91 Å². The minimum absolute atomic E-state index is 0.00331. The molecule has 8 heteroatoms. The standard InChI is InChI=1S/C14H18N4O4/c15-14(20)17-16-9-11-1-3-12(4-2-11)22-10-13(19)18-5-7-21-8-6-18/h1-4,9H,5-8,10H2,(H3,15,17,20). The molecule has 8 nitrogen and oxygen atoms in total. The van der Waals surface area contributed by atoms with Crippen molar-refractivity contribution in [2.24, 2.45) is 10.8 Å². The van der Waals surface area contributed by atoms with Crippen molar-refractivity contribution in [2.75, 3.05) is 32.9 Å². The second-order valence-electron chi connectivity index (χ2n) is 4.59. The zero-order valence-corrected chi connectivity index (χ0v) is 12.0. The normalized spacial score (nSPS) is 14.8. The first kappa shape index (κ1) is 15.8. The number of urea groups is 1. The number of carbonyl (C=O) groups is 2. The number of nitrogens with two attached hydrogens (primary N) is 1. The molecule has 2 rings (SSSR count).